The number of nitriles is 1. The lowest BCUT2D eigenvalue weighted by molar-refractivity contribution is -0.142. The Morgan fingerprint density at radius 3 is 2.82 bits per heavy atom. The number of aliphatic hydroxyl groups is 1. The quantitative estimate of drug-likeness (QED) is 0.627. The van der Waals surface area contributed by atoms with Crippen molar-refractivity contribution in [3.8, 4) is 6.07 Å². The zero-order valence-electron chi connectivity index (χ0n) is 9.43. The van der Waals surface area contributed by atoms with Crippen LogP contribution in [-0.2, 0) is 22.6 Å². The van der Waals surface area contributed by atoms with Gasteiger partial charge in [-0.3, -0.25) is 4.79 Å². The SMILES string of the molecule is CCOC(=O)Cc1c(CO)ccc(S)c1C#N. The molecular weight excluding hydrogens is 238 g/mol. The molecule has 0 bridgehead atoms. The fourth-order valence-electron chi connectivity index (χ4n) is 1.51. The molecule has 0 saturated heterocycles. The summed E-state index contributed by atoms with van der Waals surface area (Å²) in [6.45, 7) is 1.78. The van der Waals surface area contributed by atoms with E-state index in [-0.39, 0.29) is 19.6 Å². The standard InChI is InChI=1S/C12H13NO3S/c1-2-16-12(15)5-9-8(7-14)3-4-11(17)10(9)6-13/h3-4,14,17H,2,5,7H2,1H3. The molecule has 90 valence electrons. The van der Waals surface area contributed by atoms with E-state index >= 15 is 0 Å². The molecule has 0 radical (unpaired) electrons. The van der Waals surface area contributed by atoms with Crippen LogP contribution in [-0.4, -0.2) is 17.7 Å². The Hall–Kier alpha value is -1.51. The highest BCUT2D eigenvalue weighted by atomic mass is 32.1. The number of aliphatic hydroxyl groups excluding tert-OH is 1. The number of benzene rings is 1. The van der Waals surface area contributed by atoms with Gasteiger partial charge in [-0.05, 0) is 24.1 Å². The van der Waals surface area contributed by atoms with E-state index in [0.717, 1.165) is 0 Å². The minimum atomic E-state index is -0.419. The highest BCUT2D eigenvalue weighted by molar-refractivity contribution is 7.80. The largest absolute Gasteiger partial charge is 0.466 e. The average molecular weight is 251 g/mol. The second kappa shape index (κ2) is 6.28. The second-order valence-corrected chi connectivity index (χ2v) is 3.83. The van der Waals surface area contributed by atoms with Crippen molar-refractivity contribution in [1.29, 1.82) is 5.26 Å². The van der Waals surface area contributed by atoms with Gasteiger partial charge in [-0.2, -0.15) is 5.26 Å². The Labute approximate surface area is 105 Å². The zero-order valence-corrected chi connectivity index (χ0v) is 10.3. The summed E-state index contributed by atoms with van der Waals surface area (Å²) < 4.78 is 4.83. The third kappa shape index (κ3) is 3.22. The summed E-state index contributed by atoms with van der Waals surface area (Å²) in [5.41, 5.74) is 1.35. The van der Waals surface area contributed by atoms with E-state index in [1.54, 1.807) is 19.1 Å². The van der Waals surface area contributed by atoms with Gasteiger partial charge >= 0.3 is 5.97 Å². The molecule has 0 atom stereocenters. The van der Waals surface area contributed by atoms with Crippen molar-refractivity contribution in [2.24, 2.45) is 0 Å². The molecule has 17 heavy (non-hydrogen) atoms. The molecule has 0 aliphatic carbocycles. The number of carbonyl (C=O) groups excluding carboxylic acids is 1. The van der Waals surface area contributed by atoms with Crippen LogP contribution in [0.25, 0.3) is 0 Å². The Morgan fingerprint density at radius 2 is 2.29 bits per heavy atom. The number of rotatable bonds is 4. The Morgan fingerprint density at radius 1 is 1.59 bits per heavy atom. The van der Waals surface area contributed by atoms with Crippen LogP contribution in [0.5, 0.6) is 0 Å². The maximum atomic E-state index is 11.4. The molecule has 0 aliphatic heterocycles. The van der Waals surface area contributed by atoms with Gasteiger partial charge in [-0.15, -0.1) is 12.6 Å². The van der Waals surface area contributed by atoms with Gasteiger partial charge < -0.3 is 9.84 Å². The first kappa shape index (κ1) is 13.6. The van der Waals surface area contributed by atoms with Crippen molar-refractivity contribution in [2.75, 3.05) is 6.61 Å². The van der Waals surface area contributed by atoms with E-state index in [9.17, 15) is 9.90 Å². The normalized spacial score (nSPS) is 9.76. The highest BCUT2D eigenvalue weighted by Gasteiger charge is 2.15. The second-order valence-electron chi connectivity index (χ2n) is 3.35. The van der Waals surface area contributed by atoms with Crippen molar-refractivity contribution in [1.82, 2.24) is 0 Å². The van der Waals surface area contributed by atoms with Crippen LogP contribution < -0.4 is 0 Å². The van der Waals surface area contributed by atoms with Gasteiger partial charge in [0.25, 0.3) is 0 Å². The highest BCUT2D eigenvalue weighted by Crippen LogP contribution is 2.22. The number of carbonyl (C=O) groups is 1. The summed E-state index contributed by atoms with van der Waals surface area (Å²) >= 11 is 4.15. The Kier molecular flexibility index (Phi) is 5.01. The van der Waals surface area contributed by atoms with Crippen molar-refractivity contribution in [2.45, 2.75) is 24.8 Å². The molecule has 0 unspecified atom stereocenters. The monoisotopic (exact) mass is 251 g/mol. The van der Waals surface area contributed by atoms with Crippen LogP contribution in [0.15, 0.2) is 17.0 Å². The van der Waals surface area contributed by atoms with E-state index < -0.39 is 5.97 Å². The molecule has 4 nitrogen and oxygen atoms in total. The topological polar surface area (TPSA) is 70.3 Å². The lowest BCUT2D eigenvalue weighted by atomic mass is 9.99. The fourth-order valence-corrected chi connectivity index (χ4v) is 1.77. The summed E-state index contributed by atoms with van der Waals surface area (Å²) in [5, 5.41) is 18.2. The molecule has 1 N–H and O–H groups in total. The molecule has 0 aromatic heterocycles. The zero-order chi connectivity index (χ0) is 12.8. The third-order valence-corrected chi connectivity index (χ3v) is 2.67. The van der Waals surface area contributed by atoms with Crippen molar-refractivity contribution in [3.05, 3.63) is 28.8 Å². The van der Waals surface area contributed by atoms with Gasteiger partial charge in [0.2, 0.25) is 0 Å². The number of nitrogens with zero attached hydrogens (tertiary/aromatic N) is 1. The molecule has 0 aliphatic rings. The summed E-state index contributed by atoms with van der Waals surface area (Å²) in [5.74, 6) is -0.419. The molecule has 5 heteroatoms. The van der Waals surface area contributed by atoms with Crippen LogP contribution in [0, 0.1) is 11.3 Å². The van der Waals surface area contributed by atoms with Crippen LogP contribution >= 0.6 is 12.6 Å². The van der Waals surface area contributed by atoms with Gasteiger partial charge in [0, 0.05) is 4.90 Å². The lowest BCUT2D eigenvalue weighted by Gasteiger charge is -2.10. The van der Waals surface area contributed by atoms with Gasteiger partial charge in [0.1, 0.15) is 6.07 Å². The minimum Gasteiger partial charge on any atom is -0.466 e. The van der Waals surface area contributed by atoms with Crippen LogP contribution in [0.1, 0.15) is 23.6 Å². The first-order valence-electron chi connectivity index (χ1n) is 5.14. The predicted molar refractivity (Wildman–Crippen MR) is 64.7 cm³/mol. The molecule has 0 spiro atoms. The van der Waals surface area contributed by atoms with Crippen LogP contribution in [0.4, 0.5) is 0 Å². The van der Waals surface area contributed by atoms with E-state index in [2.05, 4.69) is 12.6 Å². The van der Waals surface area contributed by atoms with Gasteiger partial charge in [-0.1, -0.05) is 6.07 Å². The number of esters is 1. The Bertz CT molecular complexity index is 466. The van der Waals surface area contributed by atoms with Gasteiger partial charge in [-0.25, -0.2) is 0 Å². The lowest BCUT2D eigenvalue weighted by Crippen LogP contribution is -2.11. The summed E-state index contributed by atoms with van der Waals surface area (Å²) in [7, 11) is 0. The summed E-state index contributed by atoms with van der Waals surface area (Å²) in [6.07, 6.45) is -0.0268. The molecule has 0 saturated carbocycles. The molecule has 0 amide bonds. The van der Waals surface area contributed by atoms with Crippen molar-refractivity contribution >= 4 is 18.6 Å². The third-order valence-electron chi connectivity index (χ3n) is 2.30. The average Bonchev–Trinajstić information content (AvgIpc) is 2.30. The van der Waals surface area contributed by atoms with E-state index in [0.29, 0.717) is 21.6 Å². The first-order valence-corrected chi connectivity index (χ1v) is 5.59. The fraction of sp³-hybridized carbons (Fsp3) is 0.333. The maximum Gasteiger partial charge on any atom is 0.310 e. The number of hydrogen-bond acceptors (Lipinski definition) is 5. The number of thiol groups is 1. The summed E-state index contributed by atoms with van der Waals surface area (Å²) in [4.78, 5) is 11.9. The Balaban J connectivity index is 3.15. The minimum absolute atomic E-state index is 0.0268. The molecule has 0 heterocycles. The van der Waals surface area contributed by atoms with Gasteiger partial charge in [0.05, 0.1) is 25.2 Å². The van der Waals surface area contributed by atoms with Crippen LogP contribution in [0.3, 0.4) is 0 Å². The molecule has 0 fully saturated rings. The van der Waals surface area contributed by atoms with E-state index in [1.807, 2.05) is 6.07 Å². The molecule has 1 rings (SSSR count). The van der Waals surface area contributed by atoms with Crippen molar-refractivity contribution in [3.63, 3.8) is 0 Å². The van der Waals surface area contributed by atoms with Crippen molar-refractivity contribution < 1.29 is 14.6 Å². The number of hydrogen-bond donors (Lipinski definition) is 2. The molecule has 1 aromatic carbocycles. The first-order chi connectivity index (χ1) is 8.13. The maximum absolute atomic E-state index is 11.4. The van der Waals surface area contributed by atoms with E-state index in [4.69, 9.17) is 10.00 Å². The molecule has 1 aromatic rings. The number of ether oxygens (including phenoxy) is 1. The smallest absolute Gasteiger partial charge is 0.310 e. The van der Waals surface area contributed by atoms with Gasteiger partial charge in [0.15, 0.2) is 0 Å². The van der Waals surface area contributed by atoms with Crippen LogP contribution in [0.2, 0.25) is 0 Å². The predicted octanol–water partition coefficient (Wildman–Crippen LogP) is 1.44. The molecular formula is C12H13NO3S. The summed E-state index contributed by atoms with van der Waals surface area (Å²) in [6, 6.07) is 5.27. The van der Waals surface area contributed by atoms with E-state index in [1.165, 1.54) is 0 Å².